The fraction of sp³-hybridized carbons (Fsp3) is 0.105. The molecule has 3 heteroatoms. The minimum Gasteiger partial charge on any atom is -0.322 e. The van der Waals surface area contributed by atoms with Gasteiger partial charge in [0.1, 0.15) is 5.82 Å². The van der Waals surface area contributed by atoms with Crippen LogP contribution in [0.3, 0.4) is 0 Å². The lowest BCUT2D eigenvalue weighted by Crippen LogP contribution is -2.14. The lowest BCUT2D eigenvalue weighted by atomic mass is 9.99. The van der Waals surface area contributed by atoms with E-state index in [0.717, 1.165) is 16.3 Å². The molecule has 22 heavy (non-hydrogen) atoms. The zero-order valence-electron chi connectivity index (χ0n) is 12.5. The number of anilines is 1. The monoisotopic (exact) mass is 293 g/mol. The minimum atomic E-state index is -0.326. The summed E-state index contributed by atoms with van der Waals surface area (Å²) in [6.45, 7) is 3.59. The van der Waals surface area contributed by atoms with Crippen molar-refractivity contribution in [1.29, 1.82) is 0 Å². The van der Waals surface area contributed by atoms with E-state index in [0.29, 0.717) is 16.8 Å². The van der Waals surface area contributed by atoms with Gasteiger partial charge in [-0.25, -0.2) is 4.39 Å². The first kappa shape index (κ1) is 14.3. The van der Waals surface area contributed by atoms with E-state index in [9.17, 15) is 9.18 Å². The summed E-state index contributed by atoms with van der Waals surface area (Å²) in [4.78, 5) is 12.6. The van der Waals surface area contributed by atoms with Crippen molar-refractivity contribution in [1.82, 2.24) is 0 Å². The number of carbonyl (C=O) groups excluding carboxylic acids is 1. The highest BCUT2D eigenvalue weighted by atomic mass is 19.1. The Labute approximate surface area is 128 Å². The SMILES string of the molecule is Cc1ccc(NC(=O)c2c(C)ccc3ccccc23)cc1F. The number of hydrogen-bond donors (Lipinski definition) is 1. The van der Waals surface area contributed by atoms with E-state index >= 15 is 0 Å². The maximum atomic E-state index is 13.6. The van der Waals surface area contributed by atoms with Gasteiger partial charge in [0.25, 0.3) is 5.91 Å². The number of halogens is 1. The second-order valence-electron chi connectivity index (χ2n) is 5.40. The van der Waals surface area contributed by atoms with Crippen LogP contribution in [0.4, 0.5) is 10.1 Å². The van der Waals surface area contributed by atoms with Gasteiger partial charge in [-0.1, -0.05) is 42.5 Å². The molecule has 0 aromatic heterocycles. The summed E-state index contributed by atoms with van der Waals surface area (Å²) < 4.78 is 13.6. The highest BCUT2D eigenvalue weighted by Crippen LogP contribution is 2.23. The standard InChI is InChI=1S/C19H16FNO/c1-12-8-10-15(11-17(12)20)21-19(22)18-13(2)7-9-14-5-3-4-6-16(14)18/h3-11H,1-2H3,(H,21,22). The van der Waals surface area contributed by atoms with E-state index in [4.69, 9.17) is 0 Å². The highest BCUT2D eigenvalue weighted by molar-refractivity contribution is 6.14. The Morgan fingerprint density at radius 2 is 1.68 bits per heavy atom. The number of aryl methyl sites for hydroxylation is 2. The summed E-state index contributed by atoms with van der Waals surface area (Å²) in [6, 6.07) is 16.4. The van der Waals surface area contributed by atoms with Crippen molar-refractivity contribution in [3.8, 4) is 0 Å². The van der Waals surface area contributed by atoms with Gasteiger partial charge in [0, 0.05) is 5.69 Å². The summed E-state index contributed by atoms with van der Waals surface area (Å²) in [7, 11) is 0. The lowest BCUT2D eigenvalue weighted by Gasteiger charge is -2.11. The Morgan fingerprint density at radius 1 is 0.955 bits per heavy atom. The summed E-state index contributed by atoms with van der Waals surface area (Å²) in [6.07, 6.45) is 0. The van der Waals surface area contributed by atoms with Gasteiger partial charge < -0.3 is 5.32 Å². The van der Waals surface area contributed by atoms with Crippen molar-refractivity contribution < 1.29 is 9.18 Å². The molecule has 0 aliphatic carbocycles. The molecule has 0 heterocycles. The molecule has 0 unspecified atom stereocenters. The minimum absolute atomic E-state index is 0.224. The predicted molar refractivity (Wildman–Crippen MR) is 87.8 cm³/mol. The van der Waals surface area contributed by atoms with Crippen molar-refractivity contribution in [3.05, 3.63) is 77.1 Å². The van der Waals surface area contributed by atoms with Crippen LogP contribution < -0.4 is 5.32 Å². The molecule has 3 aromatic carbocycles. The molecule has 0 aliphatic heterocycles. The summed E-state index contributed by atoms with van der Waals surface area (Å²) in [5, 5.41) is 4.68. The molecule has 1 N–H and O–H groups in total. The van der Waals surface area contributed by atoms with Crippen LogP contribution in [0.5, 0.6) is 0 Å². The topological polar surface area (TPSA) is 29.1 Å². The predicted octanol–water partition coefficient (Wildman–Crippen LogP) is 4.85. The first-order chi connectivity index (χ1) is 10.6. The summed E-state index contributed by atoms with van der Waals surface area (Å²) in [5.74, 6) is -0.551. The van der Waals surface area contributed by atoms with E-state index in [1.165, 1.54) is 6.07 Å². The number of nitrogens with one attached hydrogen (secondary N) is 1. The van der Waals surface area contributed by atoms with Gasteiger partial charge in [-0.05, 0) is 47.9 Å². The van der Waals surface area contributed by atoms with Crippen LogP contribution in [-0.4, -0.2) is 5.91 Å². The molecule has 1 amide bonds. The maximum Gasteiger partial charge on any atom is 0.256 e. The second kappa shape index (κ2) is 5.60. The van der Waals surface area contributed by atoms with Crippen molar-refractivity contribution >= 4 is 22.4 Å². The van der Waals surface area contributed by atoms with Gasteiger partial charge in [0.2, 0.25) is 0 Å². The van der Waals surface area contributed by atoms with E-state index in [1.807, 2.05) is 43.3 Å². The van der Waals surface area contributed by atoms with Gasteiger partial charge in [0.05, 0.1) is 5.56 Å². The van der Waals surface area contributed by atoms with Crippen LogP contribution in [0.2, 0.25) is 0 Å². The molecule has 0 aliphatic rings. The fourth-order valence-electron chi connectivity index (χ4n) is 2.55. The maximum absolute atomic E-state index is 13.6. The van der Waals surface area contributed by atoms with Gasteiger partial charge in [-0.2, -0.15) is 0 Å². The second-order valence-corrected chi connectivity index (χ2v) is 5.40. The van der Waals surface area contributed by atoms with Crippen molar-refractivity contribution in [3.63, 3.8) is 0 Å². The third-order valence-corrected chi connectivity index (χ3v) is 3.79. The molecule has 110 valence electrons. The lowest BCUT2D eigenvalue weighted by molar-refractivity contribution is 0.102. The Bertz CT molecular complexity index is 870. The van der Waals surface area contributed by atoms with Crippen LogP contribution in [0.15, 0.2) is 54.6 Å². The normalized spacial score (nSPS) is 10.7. The average molecular weight is 293 g/mol. The molecule has 3 rings (SSSR count). The molecular formula is C19H16FNO. The van der Waals surface area contributed by atoms with Crippen LogP contribution >= 0.6 is 0 Å². The molecule has 3 aromatic rings. The van der Waals surface area contributed by atoms with Crippen LogP contribution in [0.1, 0.15) is 21.5 Å². The number of benzene rings is 3. The molecule has 0 saturated carbocycles. The van der Waals surface area contributed by atoms with Gasteiger partial charge >= 0.3 is 0 Å². The Balaban J connectivity index is 2.02. The number of amides is 1. The zero-order chi connectivity index (χ0) is 15.7. The van der Waals surface area contributed by atoms with E-state index in [-0.39, 0.29) is 11.7 Å². The summed E-state index contributed by atoms with van der Waals surface area (Å²) in [5.41, 5.74) is 2.53. The van der Waals surface area contributed by atoms with E-state index < -0.39 is 0 Å². The van der Waals surface area contributed by atoms with E-state index in [1.54, 1.807) is 19.1 Å². The van der Waals surface area contributed by atoms with Crippen LogP contribution in [0, 0.1) is 19.7 Å². The van der Waals surface area contributed by atoms with Crippen LogP contribution in [0.25, 0.3) is 10.8 Å². The molecule has 0 bridgehead atoms. The first-order valence-electron chi connectivity index (χ1n) is 7.12. The molecule has 0 spiro atoms. The number of rotatable bonds is 2. The van der Waals surface area contributed by atoms with Gasteiger partial charge in [0.15, 0.2) is 0 Å². The molecule has 0 radical (unpaired) electrons. The molecule has 0 atom stereocenters. The Hall–Kier alpha value is -2.68. The van der Waals surface area contributed by atoms with Crippen LogP contribution in [-0.2, 0) is 0 Å². The quantitative estimate of drug-likeness (QED) is 0.719. The number of fused-ring (bicyclic) bond motifs is 1. The fourth-order valence-corrected chi connectivity index (χ4v) is 2.55. The average Bonchev–Trinajstić information content (AvgIpc) is 2.50. The first-order valence-corrected chi connectivity index (χ1v) is 7.12. The molecular weight excluding hydrogens is 277 g/mol. The smallest absolute Gasteiger partial charge is 0.256 e. The highest BCUT2D eigenvalue weighted by Gasteiger charge is 2.13. The summed E-state index contributed by atoms with van der Waals surface area (Å²) >= 11 is 0. The Kier molecular flexibility index (Phi) is 3.63. The van der Waals surface area contributed by atoms with Crippen molar-refractivity contribution in [2.75, 3.05) is 5.32 Å². The molecule has 0 fully saturated rings. The van der Waals surface area contributed by atoms with Crippen molar-refractivity contribution in [2.45, 2.75) is 13.8 Å². The van der Waals surface area contributed by atoms with Crippen molar-refractivity contribution in [2.24, 2.45) is 0 Å². The van der Waals surface area contributed by atoms with Gasteiger partial charge in [-0.15, -0.1) is 0 Å². The number of carbonyl (C=O) groups is 1. The number of hydrogen-bond acceptors (Lipinski definition) is 1. The third kappa shape index (κ3) is 2.58. The molecule has 2 nitrogen and oxygen atoms in total. The zero-order valence-corrected chi connectivity index (χ0v) is 12.5. The van der Waals surface area contributed by atoms with E-state index in [2.05, 4.69) is 5.32 Å². The third-order valence-electron chi connectivity index (χ3n) is 3.79. The Morgan fingerprint density at radius 3 is 2.45 bits per heavy atom. The molecule has 0 saturated heterocycles. The largest absolute Gasteiger partial charge is 0.322 e. The van der Waals surface area contributed by atoms with Gasteiger partial charge in [-0.3, -0.25) is 4.79 Å².